The van der Waals surface area contributed by atoms with Gasteiger partial charge in [-0.1, -0.05) is 29.3 Å². The van der Waals surface area contributed by atoms with Gasteiger partial charge in [0.2, 0.25) is 5.95 Å². The van der Waals surface area contributed by atoms with Gasteiger partial charge in [0.1, 0.15) is 15.7 Å². The maximum atomic E-state index is 12.0. The van der Waals surface area contributed by atoms with Crippen LogP contribution < -0.4 is 5.32 Å². The number of nitro benzene ring substituents is 1. The quantitative estimate of drug-likeness (QED) is 0.533. The van der Waals surface area contributed by atoms with Crippen molar-refractivity contribution in [1.29, 1.82) is 0 Å². The first-order valence-electron chi connectivity index (χ1n) is 5.22. The lowest BCUT2D eigenvalue weighted by atomic mass is 10.1. The highest BCUT2D eigenvalue weighted by Gasteiger charge is 2.24. The van der Waals surface area contributed by atoms with Crippen molar-refractivity contribution in [3.05, 3.63) is 56.3 Å². The van der Waals surface area contributed by atoms with Crippen LogP contribution in [0.25, 0.3) is 0 Å². The molecule has 0 unspecified atom stereocenters. The van der Waals surface area contributed by atoms with Gasteiger partial charge < -0.3 is 0 Å². The van der Waals surface area contributed by atoms with Crippen LogP contribution in [0.3, 0.4) is 0 Å². The molecule has 0 aliphatic carbocycles. The maximum absolute atomic E-state index is 12.0. The summed E-state index contributed by atoms with van der Waals surface area (Å²) < 4.78 is 0. The molecule has 1 aromatic heterocycles. The number of hydrogen-bond donors (Lipinski definition) is 1. The molecule has 0 radical (unpaired) electrons. The second-order valence-electron chi connectivity index (χ2n) is 3.55. The summed E-state index contributed by atoms with van der Waals surface area (Å²) in [4.78, 5) is 29.7. The molecule has 0 bridgehead atoms. The molecule has 2 rings (SSSR count). The number of para-hydroxylation sites is 1. The number of carbonyl (C=O) groups excluding carboxylic acids is 1. The van der Waals surface area contributed by atoms with Gasteiger partial charge in [0, 0.05) is 6.20 Å². The molecule has 9 heteroatoms. The van der Waals surface area contributed by atoms with Gasteiger partial charge >= 0.3 is 5.69 Å². The number of carbonyl (C=O) groups is 1. The Hall–Kier alpha value is -2.25. The van der Waals surface area contributed by atoms with Crippen LogP contribution in [0, 0.1) is 10.1 Å². The highest BCUT2D eigenvalue weighted by atomic mass is 35.5. The molecule has 0 saturated heterocycles. The zero-order valence-corrected chi connectivity index (χ0v) is 11.2. The molecule has 1 N–H and O–H groups in total. The molecular formula is C11H6Cl2N4O3. The van der Waals surface area contributed by atoms with E-state index in [9.17, 15) is 14.9 Å². The number of rotatable bonds is 3. The van der Waals surface area contributed by atoms with Crippen molar-refractivity contribution in [1.82, 2.24) is 9.97 Å². The van der Waals surface area contributed by atoms with E-state index in [1.165, 1.54) is 30.5 Å². The molecule has 1 heterocycles. The van der Waals surface area contributed by atoms with Gasteiger partial charge in [-0.05, 0) is 18.2 Å². The third-order valence-corrected chi connectivity index (χ3v) is 2.78. The fraction of sp³-hybridized carbons (Fsp3) is 0. The number of benzene rings is 1. The lowest BCUT2D eigenvalue weighted by Gasteiger charge is -2.05. The van der Waals surface area contributed by atoms with E-state index in [-0.39, 0.29) is 21.7 Å². The topological polar surface area (TPSA) is 98.0 Å². The van der Waals surface area contributed by atoms with Gasteiger partial charge in [-0.3, -0.25) is 20.2 Å². The van der Waals surface area contributed by atoms with E-state index in [1.54, 1.807) is 0 Å². The van der Waals surface area contributed by atoms with Crippen LogP contribution in [0.5, 0.6) is 0 Å². The summed E-state index contributed by atoms with van der Waals surface area (Å²) in [5.74, 6) is -0.807. The summed E-state index contributed by atoms with van der Waals surface area (Å²) in [5.41, 5.74) is -0.667. The molecule has 0 aliphatic rings. The lowest BCUT2D eigenvalue weighted by molar-refractivity contribution is -0.385. The molecule has 2 aromatic rings. The monoisotopic (exact) mass is 312 g/mol. The van der Waals surface area contributed by atoms with E-state index < -0.39 is 16.5 Å². The van der Waals surface area contributed by atoms with Crippen molar-refractivity contribution in [2.75, 3.05) is 5.32 Å². The van der Waals surface area contributed by atoms with Crippen molar-refractivity contribution in [3.63, 3.8) is 0 Å². The van der Waals surface area contributed by atoms with Gasteiger partial charge in [-0.15, -0.1) is 0 Å². The Balaban J connectivity index is 2.35. The molecule has 0 atom stereocenters. The van der Waals surface area contributed by atoms with E-state index in [0.717, 1.165) is 0 Å². The summed E-state index contributed by atoms with van der Waals surface area (Å²) >= 11 is 11.4. The molecule has 20 heavy (non-hydrogen) atoms. The van der Waals surface area contributed by atoms with Crippen LogP contribution in [0.4, 0.5) is 11.6 Å². The Labute approximate surface area is 122 Å². The number of hydrogen-bond acceptors (Lipinski definition) is 5. The number of aromatic nitrogens is 2. The Morgan fingerprint density at radius 2 is 2.05 bits per heavy atom. The van der Waals surface area contributed by atoms with Crippen molar-refractivity contribution in [3.8, 4) is 0 Å². The molecule has 1 amide bonds. The van der Waals surface area contributed by atoms with E-state index in [4.69, 9.17) is 23.2 Å². The summed E-state index contributed by atoms with van der Waals surface area (Å²) in [6.07, 6.45) is 1.34. The first-order valence-corrected chi connectivity index (χ1v) is 5.97. The molecule has 0 aliphatic heterocycles. The highest BCUT2D eigenvalue weighted by Crippen LogP contribution is 2.28. The maximum Gasteiger partial charge on any atom is 0.300 e. The number of nitrogens with one attached hydrogen (secondary N) is 1. The van der Waals surface area contributed by atoms with Crippen molar-refractivity contribution in [2.45, 2.75) is 0 Å². The van der Waals surface area contributed by atoms with Crippen LogP contribution in [0.1, 0.15) is 10.4 Å². The zero-order valence-electron chi connectivity index (χ0n) is 9.71. The second kappa shape index (κ2) is 5.81. The molecule has 102 valence electrons. The minimum absolute atomic E-state index is 0.0585. The lowest BCUT2D eigenvalue weighted by Crippen LogP contribution is -2.16. The van der Waals surface area contributed by atoms with Crippen molar-refractivity contribution < 1.29 is 9.72 Å². The van der Waals surface area contributed by atoms with Gasteiger partial charge in [0.25, 0.3) is 5.91 Å². The molecular weight excluding hydrogens is 307 g/mol. The van der Waals surface area contributed by atoms with Crippen LogP contribution in [-0.2, 0) is 0 Å². The number of anilines is 1. The predicted octanol–water partition coefficient (Wildman–Crippen LogP) is 2.94. The minimum Gasteiger partial charge on any atom is -0.290 e. The van der Waals surface area contributed by atoms with Crippen molar-refractivity contribution in [2.24, 2.45) is 0 Å². The normalized spacial score (nSPS) is 10.1. The van der Waals surface area contributed by atoms with E-state index in [0.29, 0.717) is 0 Å². The molecule has 7 nitrogen and oxygen atoms in total. The van der Waals surface area contributed by atoms with Crippen LogP contribution in [-0.4, -0.2) is 20.8 Å². The second-order valence-corrected chi connectivity index (χ2v) is 4.34. The van der Waals surface area contributed by atoms with Gasteiger partial charge in [0.05, 0.1) is 4.92 Å². The van der Waals surface area contributed by atoms with Crippen molar-refractivity contribution >= 4 is 40.7 Å². The number of nitrogens with zero attached hydrogens (tertiary/aromatic N) is 3. The third-order valence-electron chi connectivity index (χ3n) is 2.26. The van der Waals surface area contributed by atoms with E-state index in [2.05, 4.69) is 15.3 Å². The van der Waals surface area contributed by atoms with Crippen LogP contribution in [0.15, 0.2) is 30.5 Å². The standard InChI is InChI=1S/C11H6Cl2N4O3/c12-7-3-1-2-6(9(7)17(19)20)10(18)16-11-14-5-4-8(13)15-11/h1-5H,(H,14,15,16,18). The molecule has 0 fully saturated rings. The average molecular weight is 313 g/mol. The number of amides is 1. The highest BCUT2D eigenvalue weighted by molar-refractivity contribution is 6.33. The zero-order chi connectivity index (χ0) is 14.7. The van der Waals surface area contributed by atoms with Gasteiger partial charge in [0.15, 0.2) is 0 Å². The Morgan fingerprint density at radius 1 is 1.30 bits per heavy atom. The largest absolute Gasteiger partial charge is 0.300 e. The number of nitro groups is 1. The van der Waals surface area contributed by atoms with E-state index in [1.807, 2.05) is 0 Å². The number of halogens is 2. The first kappa shape index (κ1) is 14.2. The Bertz CT molecular complexity index is 693. The van der Waals surface area contributed by atoms with Gasteiger partial charge in [-0.25, -0.2) is 9.97 Å². The third kappa shape index (κ3) is 3.01. The summed E-state index contributed by atoms with van der Waals surface area (Å²) in [6.45, 7) is 0. The fourth-order valence-corrected chi connectivity index (χ4v) is 1.83. The predicted molar refractivity (Wildman–Crippen MR) is 73.1 cm³/mol. The molecule has 1 aromatic carbocycles. The summed E-state index contributed by atoms with van der Waals surface area (Å²) in [6, 6.07) is 5.47. The minimum atomic E-state index is -0.749. The van der Waals surface area contributed by atoms with Crippen LogP contribution in [0.2, 0.25) is 10.2 Å². The average Bonchev–Trinajstić information content (AvgIpc) is 2.37. The fourth-order valence-electron chi connectivity index (χ4n) is 1.45. The smallest absolute Gasteiger partial charge is 0.290 e. The van der Waals surface area contributed by atoms with E-state index >= 15 is 0 Å². The molecule has 0 spiro atoms. The first-order chi connectivity index (χ1) is 9.49. The summed E-state index contributed by atoms with van der Waals surface area (Å²) in [5, 5.41) is 13.3. The van der Waals surface area contributed by atoms with Gasteiger partial charge in [-0.2, -0.15) is 0 Å². The van der Waals surface area contributed by atoms with Crippen LogP contribution >= 0.6 is 23.2 Å². The molecule has 0 saturated carbocycles. The Morgan fingerprint density at radius 3 is 2.70 bits per heavy atom. The Kier molecular flexibility index (Phi) is 4.11. The SMILES string of the molecule is O=C(Nc1nccc(Cl)n1)c1cccc(Cl)c1[N+](=O)[O-]. The summed E-state index contributed by atoms with van der Waals surface area (Å²) in [7, 11) is 0.